The molecule has 2 fully saturated rings. The van der Waals surface area contributed by atoms with Crippen LogP contribution in [0.2, 0.25) is 0 Å². The molecule has 0 radical (unpaired) electrons. The minimum absolute atomic E-state index is 0.259. The Bertz CT molecular complexity index is 1040. The summed E-state index contributed by atoms with van der Waals surface area (Å²) in [5.74, 6) is 1.34. The second kappa shape index (κ2) is 8.58. The van der Waals surface area contributed by atoms with Crippen LogP contribution in [0.15, 0.2) is 30.7 Å². The Morgan fingerprint density at radius 1 is 1.03 bits per heavy atom. The van der Waals surface area contributed by atoms with Gasteiger partial charge in [-0.2, -0.15) is 0 Å². The maximum atomic E-state index is 14.7. The minimum Gasteiger partial charge on any atom is -0.378 e. The number of aryl methyl sites for hydroxylation is 1. The molecule has 4 heterocycles. The molecule has 0 unspecified atom stereocenters. The van der Waals surface area contributed by atoms with Crippen molar-refractivity contribution in [3.05, 3.63) is 42.4 Å². The Morgan fingerprint density at radius 2 is 1.84 bits per heavy atom. The van der Waals surface area contributed by atoms with Crippen LogP contribution in [0, 0.1) is 12.7 Å². The molecule has 1 saturated heterocycles. The lowest BCUT2D eigenvalue weighted by atomic mass is 10.2. The van der Waals surface area contributed by atoms with E-state index in [1.807, 2.05) is 25.3 Å². The third-order valence-corrected chi connectivity index (χ3v) is 6.02. The molecule has 1 saturated carbocycles. The highest BCUT2D eigenvalue weighted by molar-refractivity contribution is 5.59. The number of hydrogen-bond donors (Lipinski definition) is 1. The molecule has 162 valence electrons. The summed E-state index contributed by atoms with van der Waals surface area (Å²) in [6.07, 6.45) is 9.27. The van der Waals surface area contributed by atoms with Gasteiger partial charge >= 0.3 is 0 Å². The third-order valence-electron chi connectivity index (χ3n) is 6.02. The first-order valence-corrected chi connectivity index (χ1v) is 10.8. The van der Waals surface area contributed by atoms with E-state index in [1.54, 1.807) is 6.20 Å². The molecule has 9 heteroatoms. The van der Waals surface area contributed by atoms with E-state index < -0.39 is 5.82 Å². The summed E-state index contributed by atoms with van der Waals surface area (Å²) in [6.45, 7) is 5.12. The highest BCUT2D eigenvalue weighted by atomic mass is 19.1. The van der Waals surface area contributed by atoms with Gasteiger partial charge in [-0.05, 0) is 31.9 Å². The number of anilines is 3. The quantitative estimate of drug-likeness (QED) is 0.667. The number of morpholine rings is 1. The fraction of sp³-hybridized carbons (Fsp3) is 0.455. The number of pyridine rings is 1. The molecule has 31 heavy (non-hydrogen) atoms. The van der Waals surface area contributed by atoms with Crippen molar-refractivity contribution >= 4 is 17.5 Å². The molecule has 0 bridgehead atoms. The van der Waals surface area contributed by atoms with E-state index in [9.17, 15) is 4.39 Å². The van der Waals surface area contributed by atoms with Gasteiger partial charge in [0.2, 0.25) is 5.95 Å². The average Bonchev–Trinajstić information content (AvgIpc) is 3.46. The number of imidazole rings is 1. The number of ether oxygens (including phenoxy) is 1. The molecule has 8 nitrogen and oxygen atoms in total. The van der Waals surface area contributed by atoms with Crippen LogP contribution < -0.4 is 10.2 Å². The number of hydrogen-bond acceptors (Lipinski definition) is 7. The first-order valence-electron chi connectivity index (χ1n) is 10.8. The van der Waals surface area contributed by atoms with Crippen molar-refractivity contribution in [3.63, 3.8) is 0 Å². The lowest BCUT2D eigenvalue weighted by Crippen LogP contribution is -2.36. The van der Waals surface area contributed by atoms with Gasteiger partial charge in [0.25, 0.3) is 0 Å². The van der Waals surface area contributed by atoms with E-state index in [4.69, 9.17) is 4.74 Å². The topological polar surface area (TPSA) is 81.0 Å². The van der Waals surface area contributed by atoms with E-state index in [-0.39, 0.29) is 5.69 Å². The van der Waals surface area contributed by atoms with Gasteiger partial charge < -0.3 is 19.5 Å². The second-order valence-corrected chi connectivity index (χ2v) is 8.02. The highest BCUT2D eigenvalue weighted by Gasteiger charge is 2.24. The van der Waals surface area contributed by atoms with Crippen LogP contribution in [-0.4, -0.2) is 50.8 Å². The first-order chi connectivity index (χ1) is 15.2. The van der Waals surface area contributed by atoms with Crippen molar-refractivity contribution in [3.8, 4) is 11.4 Å². The number of rotatable bonds is 5. The average molecular weight is 423 g/mol. The number of halogens is 1. The Kier molecular flexibility index (Phi) is 5.50. The number of nitrogens with one attached hydrogen (secondary N) is 1. The zero-order valence-corrected chi connectivity index (χ0v) is 17.6. The van der Waals surface area contributed by atoms with E-state index in [0.717, 1.165) is 50.7 Å². The van der Waals surface area contributed by atoms with Crippen molar-refractivity contribution < 1.29 is 9.13 Å². The van der Waals surface area contributed by atoms with Crippen molar-refractivity contribution in [2.24, 2.45) is 0 Å². The van der Waals surface area contributed by atoms with E-state index in [1.165, 1.54) is 19.0 Å². The second-order valence-electron chi connectivity index (χ2n) is 8.02. The predicted molar refractivity (Wildman–Crippen MR) is 116 cm³/mol. The normalized spacial score (nSPS) is 17.3. The molecular formula is C22H26FN7O. The van der Waals surface area contributed by atoms with Gasteiger partial charge in [-0.1, -0.05) is 12.8 Å². The van der Waals surface area contributed by atoms with Crippen LogP contribution in [0.5, 0.6) is 0 Å². The molecule has 5 rings (SSSR count). The molecule has 1 aliphatic carbocycles. The van der Waals surface area contributed by atoms with Crippen molar-refractivity contribution in [2.45, 2.75) is 38.6 Å². The summed E-state index contributed by atoms with van der Waals surface area (Å²) in [6, 6.07) is 4.23. The third kappa shape index (κ3) is 4.10. The first kappa shape index (κ1) is 19.9. The summed E-state index contributed by atoms with van der Waals surface area (Å²) in [7, 11) is 0. The summed E-state index contributed by atoms with van der Waals surface area (Å²) in [5, 5.41) is 3.09. The largest absolute Gasteiger partial charge is 0.378 e. The lowest BCUT2D eigenvalue weighted by molar-refractivity contribution is 0.122. The smallest absolute Gasteiger partial charge is 0.229 e. The van der Waals surface area contributed by atoms with Crippen molar-refractivity contribution in [1.82, 2.24) is 24.5 Å². The van der Waals surface area contributed by atoms with Gasteiger partial charge in [0.1, 0.15) is 17.3 Å². The highest BCUT2D eigenvalue weighted by Crippen LogP contribution is 2.35. The van der Waals surface area contributed by atoms with Crippen LogP contribution >= 0.6 is 0 Å². The molecule has 0 amide bonds. The van der Waals surface area contributed by atoms with E-state index in [0.29, 0.717) is 23.5 Å². The number of aromatic nitrogens is 5. The Morgan fingerprint density at radius 3 is 2.58 bits per heavy atom. The Hall–Kier alpha value is -3.07. The Balaban J connectivity index is 1.38. The molecule has 3 aromatic heterocycles. The molecule has 0 spiro atoms. The van der Waals surface area contributed by atoms with Crippen LogP contribution in [0.3, 0.4) is 0 Å². The lowest BCUT2D eigenvalue weighted by Gasteiger charge is -2.28. The fourth-order valence-corrected chi connectivity index (χ4v) is 4.44. The maximum absolute atomic E-state index is 14.7. The van der Waals surface area contributed by atoms with Crippen molar-refractivity contribution in [1.29, 1.82) is 0 Å². The SMILES string of the molecule is Cc1ncc(-c2nc(Nc3ccc(N4CCOCC4)cn3)ncc2F)n1C1CCCC1. The molecule has 3 aromatic rings. The predicted octanol–water partition coefficient (Wildman–Crippen LogP) is 3.88. The van der Waals surface area contributed by atoms with Gasteiger partial charge in [0.05, 0.1) is 43.2 Å². The fourth-order valence-electron chi connectivity index (χ4n) is 4.44. The Labute approximate surface area is 180 Å². The van der Waals surface area contributed by atoms with Gasteiger partial charge in [-0.25, -0.2) is 24.3 Å². The van der Waals surface area contributed by atoms with Crippen LogP contribution in [0.4, 0.5) is 21.8 Å². The van der Waals surface area contributed by atoms with Crippen molar-refractivity contribution in [2.75, 3.05) is 36.5 Å². The minimum atomic E-state index is -0.458. The molecule has 1 aliphatic heterocycles. The van der Waals surface area contributed by atoms with E-state index >= 15 is 0 Å². The molecule has 0 atom stereocenters. The summed E-state index contributed by atoms with van der Waals surface area (Å²) < 4.78 is 22.2. The van der Waals surface area contributed by atoms with Crippen LogP contribution in [0.1, 0.15) is 37.5 Å². The summed E-state index contributed by atoms with van der Waals surface area (Å²) in [5.41, 5.74) is 2.00. The summed E-state index contributed by atoms with van der Waals surface area (Å²) in [4.78, 5) is 19.7. The summed E-state index contributed by atoms with van der Waals surface area (Å²) >= 11 is 0. The van der Waals surface area contributed by atoms with Gasteiger partial charge in [-0.3, -0.25) is 0 Å². The van der Waals surface area contributed by atoms with E-state index in [2.05, 4.69) is 34.7 Å². The molecular weight excluding hydrogens is 397 g/mol. The molecule has 0 aromatic carbocycles. The maximum Gasteiger partial charge on any atom is 0.229 e. The van der Waals surface area contributed by atoms with Gasteiger partial charge in [-0.15, -0.1) is 0 Å². The van der Waals surface area contributed by atoms with Crippen LogP contribution in [0.25, 0.3) is 11.4 Å². The van der Waals surface area contributed by atoms with Gasteiger partial charge in [0, 0.05) is 19.1 Å². The monoisotopic (exact) mass is 423 g/mol. The number of nitrogens with zero attached hydrogens (tertiary/aromatic N) is 6. The molecule has 2 aliphatic rings. The zero-order chi connectivity index (χ0) is 21.2. The van der Waals surface area contributed by atoms with Crippen LogP contribution in [-0.2, 0) is 4.74 Å². The zero-order valence-electron chi connectivity index (χ0n) is 17.6. The van der Waals surface area contributed by atoms with Gasteiger partial charge in [0.15, 0.2) is 5.82 Å². The molecule has 1 N–H and O–H groups in total. The standard InChI is InChI=1S/C22H26FN7O/c1-15-24-14-19(30(15)16-4-2-3-5-16)21-18(23)13-26-22(28-21)27-20-7-6-17(12-25-20)29-8-10-31-11-9-29/h6-7,12-14,16H,2-5,8-11H2,1H3,(H,25,26,27,28).